The molecule has 4 heterocycles. The maximum Gasteiger partial charge on any atom is 0.234 e. The van der Waals surface area contributed by atoms with E-state index < -0.39 is 12.1 Å². The molecule has 2 amide bonds. The van der Waals surface area contributed by atoms with Crippen molar-refractivity contribution in [2.24, 2.45) is 0 Å². The first-order valence-electron chi connectivity index (χ1n) is 17.3. The van der Waals surface area contributed by atoms with Gasteiger partial charge in [0.05, 0.1) is 47.9 Å². The molecule has 262 valence electrons. The van der Waals surface area contributed by atoms with Gasteiger partial charge in [-0.25, -0.2) is 0 Å². The highest BCUT2D eigenvalue weighted by atomic mass is 16.2. The fraction of sp³-hybridized carbons (Fsp3) is 0.190. The first-order valence-corrected chi connectivity index (χ1v) is 17.3. The lowest BCUT2D eigenvalue weighted by Crippen LogP contribution is -2.46. The van der Waals surface area contributed by atoms with Gasteiger partial charge in [-0.3, -0.25) is 39.3 Å². The summed E-state index contributed by atoms with van der Waals surface area (Å²) in [5.41, 5.74) is 5.12. The molecular formula is C42H42N8O2. The van der Waals surface area contributed by atoms with Gasteiger partial charge in [0.2, 0.25) is 11.8 Å². The molecule has 52 heavy (non-hydrogen) atoms. The topological polar surface area (TPSA) is 116 Å². The van der Waals surface area contributed by atoms with Gasteiger partial charge in [-0.2, -0.15) is 0 Å². The normalized spacial score (nSPS) is 12.3. The zero-order valence-corrected chi connectivity index (χ0v) is 28.9. The Morgan fingerprint density at radius 1 is 0.423 bits per heavy atom. The predicted octanol–water partition coefficient (Wildman–Crippen LogP) is 5.69. The Balaban J connectivity index is 1.25. The Kier molecular flexibility index (Phi) is 12.9. The van der Waals surface area contributed by atoms with E-state index in [0.717, 1.165) is 33.9 Å². The zero-order valence-electron chi connectivity index (χ0n) is 28.9. The molecule has 4 aromatic heterocycles. The minimum absolute atomic E-state index is 0.0911. The molecule has 0 bridgehead atoms. The molecule has 6 rings (SSSR count). The van der Waals surface area contributed by atoms with E-state index >= 15 is 0 Å². The van der Waals surface area contributed by atoms with Crippen LogP contribution in [0.25, 0.3) is 0 Å². The van der Waals surface area contributed by atoms with Gasteiger partial charge in [0.25, 0.3) is 0 Å². The largest absolute Gasteiger partial charge is 0.346 e. The lowest BCUT2D eigenvalue weighted by Gasteiger charge is -2.32. The average molecular weight is 691 g/mol. The molecule has 2 atom stereocenters. The molecular weight excluding hydrogens is 649 g/mol. The van der Waals surface area contributed by atoms with Crippen LogP contribution in [0.15, 0.2) is 158 Å². The van der Waals surface area contributed by atoms with Gasteiger partial charge in [-0.05, 0) is 59.7 Å². The molecule has 0 saturated heterocycles. The van der Waals surface area contributed by atoms with Crippen LogP contribution in [0.1, 0.15) is 46.0 Å². The Labute approximate surface area is 304 Å². The summed E-state index contributed by atoms with van der Waals surface area (Å²) >= 11 is 0. The summed E-state index contributed by atoms with van der Waals surface area (Å²) in [6.07, 6.45) is 7.00. The highest BCUT2D eigenvalue weighted by Crippen LogP contribution is 2.29. The molecule has 6 aromatic rings. The van der Waals surface area contributed by atoms with E-state index in [9.17, 15) is 9.59 Å². The third kappa shape index (κ3) is 10.9. The second-order valence-electron chi connectivity index (χ2n) is 12.5. The molecule has 0 saturated carbocycles. The molecule has 0 radical (unpaired) electrons. The van der Waals surface area contributed by atoms with E-state index in [2.05, 4.69) is 30.6 Å². The van der Waals surface area contributed by atoms with Gasteiger partial charge in [-0.1, -0.05) is 84.9 Å². The second kappa shape index (κ2) is 18.8. The molecule has 2 N–H and O–H groups in total. The number of nitrogens with zero attached hydrogens (tertiary/aromatic N) is 6. The number of rotatable bonds is 17. The number of nitrogens with one attached hydrogen (secondary N) is 2. The number of pyridine rings is 4. The summed E-state index contributed by atoms with van der Waals surface area (Å²) in [6.45, 7) is 2.02. The first-order chi connectivity index (χ1) is 25.6. The van der Waals surface area contributed by atoms with E-state index in [1.807, 2.05) is 143 Å². The van der Waals surface area contributed by atoms with Crippen molar-refractivity contribution in [3.05, 3.63) is 192 Å². The summed E-state index contributed by atoms with van der Waals surface area (Å²) < 4.78 is 0. The van der Waals surface area contributed by atoms with Gasteiger partial charge in [0.15, 0.2) is 0 Å². The van der Waals surface area contributed by atoms with Gasteiger partial charge >= 0.3 is 0 Å². The first kappa shape index (κ1) is 35.7. The van der Waals surface area contributed by atoms with Gasteiger partial charge in [-0.15, -0.1) is 0 Å². The standard InChI is InChI=1S/C42H42N8O2/c51-39(31-49(27-35-19-7-11-23-43-35)28-36-20-8-12-24-44-36)47-41(33-15-3-1-4-16-33)42(34-17-5-2-6-18-34)48-40(52)32-50(29-37-21-9-13-25-45-37)30-38-22-10-14-26-46-38/h1-26,41-42H,27-32H2,(H,47,51)(H,48,52)/t41-,42-/m0/s1. The van der Waals surface area contributed by atoms with E-state index in [1.165, 1.54) is 0 Å². The summed E-state index contributed by atoms with van der Waals surface area (Å²) in [5.74, 6) is -0.384. The van der Waals surface area contributed by atoms with Crippen LogP contribution in [0.4, 0.5) is 0 Å². The van der Waals surface area contributed by atoms with Crippen LogP contribution < -0.4 is 10.6 Å². The van der Waals surface area contributed by atoms with Gasteiger partial charge in [0, 0.05) is 51.0 Å². The number of hydrogen-bond donors (Lipinski definition) is 2. The van der Waals surface area contributed by atoms with Crippen molar-refractivity contribution in [1.82, 2.24) is 40.4 Å². The van der Waals surface area contributed by atoms with Crippen molar-refractivity contribution in [2.45, 2.75) is 38.3 Å². The summed E-state index contributed by atoms with van der Waals surface area (Å²) in [4.78, 5) is 50.2. The maximum atomic E-state index is 14.1. The number of amides is 2. The third-order valence-electron chi connectivity index (χ3n) is 8.47. The number of carbonyl (C=O) groups is 2. The third-order valence-corrected chi connectivity index (χ3v) is 8.47. The number of aromatic nitrogens is 4. The van der Waals surface area contributed by atoms with Crippen LogP contribution in [0.2, 0.25) is 0 Å². The molecule has 0 fully saturated rings. The maximum absolute atomic E-state index is 14.1. The van der Waals surface area contributed by atoms with Crippen LogP contribution in [0.5, 0.6) is 0 Å². The Morgan fingerprint density at radius 3 is 0.981 bits per heavy atom. The average Bonchev–Trinajstić information content (AvgIpc) is 3.18. The molecule has 0 aliphatic carbocycles. The van der Waals surface area contributed by atoms with Crippen molar-refractivity contribution >= 4 is 11.8 Å². The molecule has 0 spiro atoms. The smallest absolute Gasteiger partial charge is 0.234 e. The predicted molar refractivity (Wildman–Crippen MR) is 200 cm³/mol. The van der Waals surface area contributed by atoms with Crippen molar-refractivity contribution in [3.63, 3.8) is 0 Å². The second-order valence-corrected chi connectivity index (χ2v) is 12.5. The molecule has 0 aliphatic rings. The minimum atomic E-state index is -0.577. The van der Waals surface area contributed by atoms with Crippen molar-refractivity contribution in [2.75, 3.05) is 13.1 Å². The summed E-state index contributed by atoms with van der Waals surface area (Å²) in [7, 11) is 0. The molecule has 2 aromatic carbocycles. The quantitative estimate of drug-likeness (QED) is 0.126. The SMILES string of the molecule is O=C(CN(Cc1ccccn1)Cc1ccccn1)N[C@@H](c1ccccc1)[C@@H](NC(=O)CN(Cc1ccccn1)Cc1ccccn1)c1ccccc1. The highest BCUT2D eigenvalue weighted by Gasteiger charge is 2.29. The van der Waals surface area contributed by atoms with Crippen molar-refractivity contribution < 1.29 is 9.59 Å². The fourth-order valence-electron chi connectivity index (χ4n) is 6.10. The van der Waals surface area contributed by atoms with E-state index in [4.69, 9.17) is 0 Å². The van der Waals surface area contributed by atoms with E-state index in [1.54, 1.807) is 24.8 Å². The van der Waals surface area contributed by atoms with Crippen molar-refractivity contribution in [1.29, 1.82) is 0 Å². The molecule has 10 nitrogen and oxygen atoms in total. The lowest BCUT2D eigenvalue weighted by molar-refractivity contribution is -0.126. The number of benzene rings is 2. The summed E-state index contributed by atoms with van der Waals surface area (Å²) in [6, 6.07) is 41.4. The van der Waals surface area contributed by atoms with Gasteiger partial charge in [0.1, 0.15) is 0 Å². The zero-order chi connectivity index (χ0) is 35.8. The minimum Gasteiger partial charge on any atom is -0.346 e. The molecule has 0 aliphatic heterocycles. The van der Waals surface area contributed by atoms with Gasteiger partial charge < -0.3 is 10.6 Å². The Bertz CT molecular complexity index is 1710. The van der Waals surface area contributed by atoms with Crippen LogP contribution in [0.3, 0.4) is 0 Å². The van der Waals surface area contributed by atoms with E-state index in [0.29, 0.717) is 26.2 Å². The van der Waals surface area contributed by atoms with E-state index in [-0.39, 0.29) is 24.9 Å². The summed E-state index contributed by atoms with van der Waals surface area (Å²) in [5, 5.41) is 6.61. The highest BCUT2D eigenvalue weighted by molar-refractivity contribution is 5.80. The lowest BCUT2D eigenvalue weighted by atomic mass is 9.93. The van der Waals surface area contributed by atoms with Crippen LogP contribution in [0, 0.1) is 0 Å². The van der Waals surface area contributed by atoms with Crippen LogP contribution in [-0.2, 0) is 35.8 Å². The van der Waals surface area contributed by atoms with Crippen LogP contribution >= 0.6 is 0 Å². The Hall–Kier alpha value is -6.10. The molecule has 0 unspecified atom stereocenters. The molecule has 10 heteroatoms. The Morgan fingerprint density at radius 2 is 0.712 bits per heavy atom. The van der Waals surface area contributed by atoms with Crippen LogP contribution in [-0.4, -0.2) is 54.6 Å². The monoisotopic (exact) mass is 690 g/mol. The van der Waals surface area contributed by atoms with Crippen molar-refractivity contribution in [3.8, 4) is 0 Å². The number of hydrogen-bond acceptors (Lipinski definition) is 8. The number of carbonyl (C=O) groups excluding carboxylic acids is 2. The fourth-order valence-corrected chi connectivity index (χ4v) is 6.10.